The molecule has 1 fully saturated rings. The Morgan fingerprint density at radius 2 is 1.91 bits per heavy atom. The van der Waals surface area contributed by atoms with Crippen LogP contribution in [0.15, 0.2) is 18.2 Å². The molecule has 2 rings (SSSR count). The quantitative estimate of drug-likeness (QED) is 0.750. The second kappa shape index (κ2) is 7.66. The first kappa shape index (κ1) is 17.6. The molecule has 0 bridgehead atoms. The largest absolute Gasteiger partial charge is 0.481 e. The van der Waals surface area contributed by atoms with Gasteiger partial charge in [0.15, 0.2) is 0 Å². The van der Waals surface area contributed by atoms with Crippen molar-refractivity contribution in [2.75, 3.05) is 6.54 Å². The van der Waals surface area contributed by atoms with Crippen LogP contribution >= 0.6 is 23.2 Å². The molecule has 1 aromatic rings. The Morgan fingerprint density at radius 3 is 2.52 bits per heavy atom. The molecule has 0 heterocycles. The van der Waals surface area contributed by atoms with Gasteiger partial charge >= 0.3 is 5.97 Å². The van der Waals surface area contributed by atoms with Crippen molar-refractivity contribution in [3.8, 4) is 0 Å². The van der Waals surface area contributed by atoms with Gasteiger partial charge in [0.1, 0.15) is 0 Å². The molecule has 0 spiro atoms. The first-order valence-corrected chi connectivity index (χ1v) is 7.88. The maximum atomic E-state index is 11.9. The summed E-state index contributed by atoms with van der Waals surface area (Å²) in [6.07, 6.45) is 1.60. The summed E-state index contributed by atoms with van der Waals surface area (Å²) in [4.78, 5) is 34.6. The summed E-state index contributed by atoms with van der Waals surface area (Å²) < 4.78 is 0. The van der Waals surface area contributed by atoms with Gasteiger partial charge in [-0.15, -0.1) is 0 Å². The fourth-order valence-electron chi connectivity index (χ4n) is 2.52. The number of rotatable bonds is 5. The molecule has 124 valence electrons. The molecule has 2 atom stereocenters. The topological polar surface area (TPSA) is 95.5 Å². The van der Waals surface area contributed by atoms with Crippen molar-refractivity contribution in [3.05, 3.63) is 33.8 Å². The van der Waals surface area contributed by atoms with Gasteiger partial charge in [0.05, 0.1) is 22.5 Å². The predicted molar refractivity (Wildman–Crippen MR) is 85.7 cm³/mol. The average molecular weight is 359 g/mol. The SMILES string of the molecule is O=C(CNC(=O)c1ccc(Cl)c(Cl)c1)N[C@@H]1CC[C@H](C(=O)O)C1. The Kier molecular flexibility index (Phi) is 5.85. The molecular weight excluding hydrogens is 343 g/mol. The number of hydrogen-bond donors (Lipinski definition) is 3. The fourth-order valence-corrected chi connectivity index (χ4v) is 2.81. The van der Waals surface area contributed by atoms with Crippen LogP contribution in [0.3, 0.4) is 0 Å². The Bertz CT molecular complexity index is 636. The monoisotopic (exact) mass is 358 g/mol. The summed E-state index contributed by atoms with van der Waals surface area (Å²) in [7, 11) is 0. The summed E-state index contributed by atoms with van der Waals surface area (Å²) in [6.45, 7) is -0.187. The van der Waals surface area contributed by atoms with Crippen molar-refractivity contribution in [2.24, 2.45) is 5.92 Å². The highest BCUT2D eigenvalue weighted by Gasteiger charge is 2.30. The molecular formula is C15H16Cl2N2O4. The van der Waals surface area contributed by atoms with Crippen LogP contribution in [0.2, 0.25) is 10.0 Å². The minimum atomic E-state index is -0.838. The van der Waals surface area contributed by atoms with Crippen LogP contribution in [0.5, 0.6) is 0 Å². The number of carbonyl (C=O) groups excluding carboxylic acids is 2. The highest BCUT2D eigenvalue weighted by atomic mass is 35.5. The van der Waals surface area contributed by atoms with E-state index in [1.807, 2.05) is 0 Å². The Labute approximate surface area is 143 Å². The molecule has 0 saturated heterocycles. The normalized spacial score (nSPS) is 20.1. The number of nitrogens with one attached hydrogen (secondary N) is 2. The lowest BCUT2D eigenvalue weighted by Crippen LogP contribution is -2.41. The summed E-state index contributed by atoms with van der Waals surface area (Å²) in [5, 5.41) is 14.7. The van der Waals surface area contributed by atoms with Gasteiger partial charge < -0.3 is 15.7 Å². The van der Waals surface area contributed by atoms with Crippen LogP contribution < -0.4 is 10.6 Å². The highest BCUT2D eigenvalue weighted by Crippen LogP contribution is 2.25. The van der Waals surface area contributed by atoms with Gasteiger partial charge in [-0.05, 0) is 37.5 Å². The van der Waals surface area contributed by atoms with E-state index in [4.69, 9.17) is 28.3 Å². The molecule has 1 aliphatic rings. The van der Waals surface area contributed by atoms with Crippen LogP contribution in [0, 0.1) is 5.92 Å². The van der Waals surface area contributed by atoms with Crippen molar-refractivity contribution in [1.29, 1.82) is 0 Å². The summed E-state index contributed by atoms with van der Waals surface area (Å²) in [5.41, 5.74) is 0.305. The van der Waals surface area contributed by atoms with E-state index in [0.717, 1.165) is 0 Å². The molecule has 1 saturated carbocycles. The van der Waals surface area contributed by atoms with E-state index < -0.39 is 17.8 Å². The second-order valence-electron chi connectivity index (χ2n) is 5.42. The van der Waals surface area contributed by atoms with Crippen molar-refractivity contribution in [2.45, 2.75) is 25.3 Å². The van der Waals surface area contributed by atoms with Crippen molar-refractivity contribution in [3.63, 3.8) is 0 Å². The zero-order chi connectivity index (χ0) is 17.0. The molecule has 3 N–H and O–H groups in total. The minimum absolute atomic E-state index is 0.162. The van der Waals surface area contributed by atoms with Crippen LogP contribution in [0.1, 0.15) is 29.6 Å². The third-order valence-corrected chi connectivity index (χ3v) is 4.48. The van der Waals surface area contributed by atoms with Gasteiger partial charge in [-0.3, -0.25) is 14.4 Å². The lowest BCUT2D eigenvalue weighted by atomic mass is 10.1. The predicted octanol–water partition coefficient (Wildman–Crippen LogP) is 2.09. The van der Waals surface area contributed by atoms with Gasteiger partial charge in [-0.1, -0.05) is 23.2 Å². The molecule has 0 aromatic heterocycles. The molecule has 1 aromatic carbocycles. The first-order chi connectivity index (χ1) is 10.9. The molecule has 2 amide bonds. The highest BCUT2D eigenvalue weighted by molar-refractivity contribution is 6.42. The average Bonchev–Trinajstić information content (AvgIpc) is 2.96. The van der Waals surface area contributed by atoms with E-state index >= 15 is 0 Å². The fraction of sp³-hybridized carbons (Fsp3) is 0.400. The van der Waals surface area contributed by atoms with E-state index in [1.54, 1.807) is 0 Å². The van der Waals surface area contributed by atoms with Gasteiger partial charge in [-0.2, -0.15) is 0 Å². The van der Waals surface area contributed by atoms with Gasteiger partial charge in [0.25, 0.3) is 5.91 Å². The number of amides is 2. The summed E-state index contributed by atoms with van der Waals surface area (Å²) in [6, 6.07) is 4.27. The van der Waals surface area contributed by atoms with E-state index in [1.165, 1.54) is 18.2 Å². The Morgan fingerprint density at radius 1 is 1.17 bits per heavy atom. The number of benzene rings is 1. The van der Waals surface area contributed by atoms with E-state index in [0.29, 0.717) is 29.8 Å². The van der Waals surface area contributed by atoms with Gasteiger partial charge in [0, 0.05) is 11.6 Å². The molecule has 23 heavy (non-hydrogen) atoms. The molecule has 0 unspecified atom stereocenters. The summed E-state index contributed by atoms with van der Waals surface area (Å²) in [5.74, 6) is -2.04. The van der Waals surface area contributed by atoms with E-state index in [-0.39, 0.29) is 23.5 Å². The maximum Gasteiger partial charge on any atom is 0.306 e. The van der Waals surface area contributed by atoms with Crippen molar-refractivity contribution >= 4 is 41.0 Å². The van der Waals surface area contributed by atoms with E-state index in [9.17, 15) is 14.4 Å². The third kappa shape index (κ3) is 4.84. The molecule has 6 nitrogen and oxygen atoms in total. The van der Waals surface area contributed by atoms with Crippen molar-refractivity contribution in [1.82, 2.24) is 10.6 Å². The van der Waals surface area contributed by atoms with Crippen LogP contribution in [0.25, 0.3) is 0 Å². The minimum Gasteiger partial charge on any atom is -0.481 e. The second-order valence-corrected chi connectivity index (χ2v) is 6.24. The van der Waals surface area contributed by atoms with Crippen molar-refractivity contribution < 1.29 is 19.5 Å². The number of hydrogen-bond acceptors (Lipinski definition) is 3. The number of halogens is 2. The zero-order valence-electron chi connectivity index (χ0n) is 12.1. The van der Waals surface area contributed by atoms with Crippen LogP contribution in [-0.2, 0) is 9.59 Å². The number of carboxylic acid groups (broad SMARTS) is 1. The third-order valence-electron chi connectivity index (χ3n) is 3.74. The number of carbonyl (C=O) groups is 3. The standard InChI is InChI=1S/C15H16Cl2N2O4/c16-11-4-2-8(6-12(11)17)14(21)18-7-13(20)19-10-3-1-9(5-10)15(22)23/h2,4,6,9-10H,1,3,5,7H2,(H,18,21)(H,19,20)(H,22,23)/t9-,10+/m0/s1. The van der Waals surface area contributed by atoms with Gasteiger partial charge in [-0.25, -0.2) is 0 Å². The van der Waals surface area contributed by atoms with Crippen LogP contribution in [-0.4, -0.2) is 35.5 Å². The lowest BCUT2D eigenvalue weighted by Gasteiger charge is -2.13. The summed E-state index contributed by atoms with van der Waals surface area (Å²) >= 11 is 11.6. The van der Waals surface area contributed by atoms with E-state index in [2.05, 4.69) is 10.6 Å². The smallest absolute Gasteiger partial charge is 0.306 e. The number of aliphatic carboxylic acids is 1. The molecule has 0 aliphatic heterocycles. The zero-order valence-corrected chi connectivity index (χ0v) is 13.7. The Balaban J connectivity index is 1.79. The number of carboxylic acids is 1. The Hall–Kier alpha value is -1.79. The van der Waals surface area contributed by atoms with Crippen LogP contribution in [0.4, 0.5) is 0 Å². The lowest BCUT2D eigenvalue weighted by molar-refractivity contribution is -0.141. The molecule has 0 radical (unpaired) electrons. The van der Waals surface area contributed by atoms with Gasteiger partial charge in [0.2, 0.25) is 5.91 Å². The molecule has 1 aliphatic carbocycles. The maximum absolute atomic E-state index is 11.9. The first-order valence-electron chi connectivity index (χ1n) is 7.12. The molecule has 8 heteroatoms.